The summed E-state index contributed by atoms with van der Waals surface area (Å²) in [7, 11) is 3.45. The van der Waals surface area contributed by atoms with Gasteiger partial charge in [0.15, 0.2) is 5.82 Å². The number of alkyl halides is 3. The third-order valence-corrected chi connectivity index (χ3v) is 5.27. The van der Waals surface area contributed by atoms with E-state index >= 15 is 0 Å². The molecule has 2 aromatic rings. The van der Waals surface area contributed by atoms with Gasteiger partial charge < -0.3 is 20.9 Å². The van der Waals surface area contributed by atoms with Crippen molar-refractivity contribution in [3.63, 3.8) is 0 Å². The Kier molecular flexibility index (Phi) is 6.99. The molecule has 1 aliphatic heterocycles. The van der Waals surface area contributed by atoms with Crippen LogP contribution < -0.4 is 16.0 Å². The summed E-state index contributed by atoms with van der Waals surface area (Å²) in [6.45, 7) is 6.64. The second kappa shape index (κ2) is 9.48. The smallest absolute Gasteiger partial charge is 0.384 e. The van der Waals surface area contributed by atoms with Crippen LogP contribution in [0.2, 0.25) is 0 Å². The molecule has 1 aromatic heterocycles. The molecule has 0 spiro atoms. The second-order valence-electron chi connectivity index (χ2n) is 7.16. The van der Waals surface area contributed by atoms with Gasteiger partial charge in [0.05, 0.1) is 17.4 Å². The van der Waals surface area contributed by atoms with Crippen molar-refractivity contribution in [2.24, 2.45) is 0 Å². The topological polar surface area (TPSA) is 68.3 Å². The van der Waals surface area contributed by atoms with Gasteiger partial charge in [0.25, 0.3) is 0 Å². The lowest BCUT2D eigenvalue weighted by atomic mass is 10.0. The Morgan fingerprint density at radius 1 is 1.03 bits per heavy atom. The molecular formula is C20H28F3N7. The number of likely N-dealkylation sites (N-methyl/N-ethyl adjacent to an activating group) is 1. The zero-order valence-electron chi connectivity index (χ0n) is 17.5. The van der Waals surface area contributed by atoms with E-state index in [0.29, 0.717) is 17.2 Å². The lowest BCUT2D eigenvalue weighted by Gasteiger charge is -2.34. The summed E-state index contributed by atoms with van der Waals surface area (Å²) in [5.74, 6) is 0.767. The third kappa shape index (κ3) is 5.31. The largest absolute Gasteiger partial charge is 0.416 e. The molecule has 3 rings (SSSR count). The third-order valence-electron chi connectivity index (χ3n) is 5.27. The van der Waals surface area contributed by atoms with Crippen molar-refractivity contribution in [3.05, 3.63) is 35.5 Å². The molecule has 7 nitrogen and oxygen atoms in total. The molecule has 3 N–H and O–H groups in total. The molecule has 164 valence electrons. The van der Waals surface area contributed by atoms with E-state index < -0.39 is 11.7 Å². The van der Waals surface area contributed by atoms with Gasteiger partial charge in [-0.2, -0.15) is 18.2 Å². The molecule has 0 amide bonds. The number of halogens is 3. The SMILES string of the molecule is CCN1CCN(Cc2ccc(Nc3ncc(NC)c(NC)n3)cc2C(F)(F)F)CC1. The first-order chi connectivity index (χ1) is 14.3. The van der Waals surface area contributed by atoms with Crippen LogP contribution in [0.25, 0.3) is 0 Å². The van der Waals surface area contributed by atoms with Crippen LogP contribution in [0.3, 0.4) is 0 Å². The fourth-order valence-electron chi connectivity index (χ4n) is 3.51. The highest BCUT2D eigenvalue weighted by Gasteiger charge is 2.34. The summed E-state index contributed by atoms with van der Waals surface area (Å²) >= 11 is 0. The summed E-state index contributed by atoms with van der Waals surface area (Å²) in [6.07, 6.45) is -2.87. The highest BCUT2D eigenvalue weighted by Crippen LogP contribution is 2.35. The number of rotatable bonds is 7. The first-order valence-electron chi connectivity index (χ1n) is 9.98. The first kappa shape index (κ1) is 22.1. The minimum Gasteiger partial charge on any atom is -0.384 e. The molecule has 0 unspecified atom stereocenters. The highest BCUT2D eigenvalue weighted by atomic mass is 19.4. The standard InChI is InChI=1S/C20H28F3N7/c1-4-29-7-9-30(10-8-29)13-14-5-6-15(11-16(14)20(21,22)23)27-19-26-12-17(24-2)18(25-3)28-19/h5-6,11-12,24H,4,7-10,13H2,1-3H3,(H2,25,26,27,28). The zero-order valence-corrected chi connectivity index (χ0v) is 17.5. The van der Waals surface area contributed by atoms with Crippen LogP contribution in [-0.2, 0) is 12.7 Å². The van der Waals surface area contributed by atoms with Gasteiger partial charge in [-0.1, -0.05) is 13.0 Å². The molecule has 0 aliphatic carbocycles. The molecule has 2 heterocycles. The number of nitrogens with one attached hydrogen (secondary N) is 3. The summed E-state index contributed by atoms with van der Waals surface area (Å²) in [5, 5.41) is 8.75. The van der Waals surface area contributed by atoms with Crippen LogP contribution in [0.4, 0.5) is 36.3 Å². The molecule has 0 bridgehead atoms. The fourth-order valence-corrected chi connectivity index (χ4v) is 3.51. The lowest BCUT2D eigenvalue weighted by molar-refractivity contribution is -0.138. The maximum absolute atomic E-state index is 13.8. The van der Waals surface area contributed by atoms with Crippen LogP contribution in [-0.4, -0.2) is 66.6 Å². The highest BCUT2D eigenvalue weighted by molar-refractivity contribution is 5.66. The van der Waals surface area contributed by atoms with Gasteiger partial charge in [0, 0.05) is 52.5 Å². The number of benzene rings is 1. The van der Waals surface area contributed by atoms with E-state index in [4.69, 9.17) is 0 Å². The van der Waals surface area contributed by atoms with Crippen molar-refractivity contribution < 1.29 is 13.2 Å². The van der Waals surface area contributed by atoms with E-state index in [9.17, 15) is 13.2 Å². The van der Waals surface area contributed by atoms with E-state index in [2.05, 4.69) is 42.6 Å². The molecule has 10 heteroatoms. The van der Waals surface area contributed by atoms with Gasteiger partial charge in [-0.25, -0.2) is 4.98 Å². The number of hydrogen-bond donors (Lipinski definition) is 3. The Morgan fingerprint density at radius 3 is 2.33 bits per heavy atom. The Bertz CT molecular complexity index is 849. The maximum Gasteiger partial charge on any atom is 0.416 e. The molecule has 30 heavy (non-hydrogen) atoms. The van der Waals surface area contributed by atoms with Crippen molar-refractivity contribution >= 4 is 23.1 Å². The minimum atomic E-state index is -4.44. The van der Waals surface area contributed by atoms with Gasteiger partial charge in [0.2, 0.25) is 5.95 Å². The molecular weight excluding hydrogens is 395 g/mol. The number of aromatic nitrogens is 2. The lowest BCUT2D eigenvalue weighted by Crippen LogP contribution is -2.45. The van der Waals surface area contributed by atoms with Gasteiger partial charge in [-0.05, 0) is 24.2 Å². The van der Waals surface area contributed by atoms with Crippen molar-refractivity contribution in [3.8, 4) is 0 Å². The Labute approximate surface area is 174 Å². The Morgan fingerprint density at radius 2 is 1.73 bits per heavy atom. The fraction of sp³-hybridized carbons (Fsp3) is 0.500. The molecule has 1 saturated heterocycles. The minimum absolute atomic E-state index is 0.218. The predicted molar refractivity (Wildman–Crippen MR) is 113 cm³/mol. The van der Waals surface area contributed by atoms with Gasteiger partial charge >= 0.3 is 6.18 Å². The molecule has 0 atom stereocenters. The van der Waals surface area contributed by atoms with E-state index in [0.717, 1.165) is 38.8 Å². The molecule has 1 aromatic carbocycles. The van der Waals surface area contributed by atoms with Gasteiger partial charge in [-0.3, -0.25) is 4.90 Å². The van der Waals surface area contributed by atoms with E-state index in [1.54, 1.807) is 26.4 Å². The number of anilines is 4. The summed E-state index contributed by atoms with van der Waals surface area (Å²) in [6, 6.07) is 4.31. The van der Waals surface area contributed by atoms with Crippen molar-refractivity contribution in [2.75, 3.05) is 62.8 Å². The molecule has 1 aliphatic rings. The van der Waals surface area contributed by atoms with Gasteiger partial charge in [-0.15, -0.1) is 0 Å². The molecule has 0 radical (unpaired) electrons. The Hall–Kier alpha value is -2.59. The number of piperazine rings is 1. The average molecular weight is 423 g/mol. The van der Waals surface area contributed by atoms with E-state index in [1.807, 2.05) is 0 Å². The van der Waals surface area contributed by atoms with Crippen LogP contribution in [0.5, 0.6) is 0 Å². The van der Waals surface area contributed by atoms with Crippen LogP contribution in [0.1, 0.15) is 18.1 Å². The molecule has 0 saturated carbocycles. The summed E-state index contributed by atoms with van der Waals surface area (Å²) in [5.41, 5.74) is 0.630. The summed E-state index contributed by atoms with van der Waals surface area (Å²) in [4.78, 5) is 12.8. The van der Waals surface area contributed by atoms with Crippen molar-refractivity contribution in [2.45, 2.75) is 19.6 Å². The summed E-state index contributed by atoms with van der Waals surface area (Å²) < 4.78 is 41.3. The second-order valence-corrected chi connectivity index (χ2v) is 7.16. The zero-order chi connectivity index (χ0) is 21.7. The first-order valence-corrected chi connectivity index (χ1v) is 9.98. The number of nitrogens with zero attached hydrogens (tertiary/aromatic N) is 4. The van der Waals surface area contributed by atoms with Gasteiger partial charge in [0.1, 0.15) is 0 Å². The average Bonchev–Trinajstić information content (AvgIpc) is 2.74. The predicted octanol–water partition coefficient (Wildman–Crippen LogP) is 3.46. The maximum atomic E-state index is 13.8. The van der Waals surface area contributed by atoms with Crippen LogP contribution >= 0.6 is 0 Å². The van der Waals surface area contributed by atoms with Crippen LogP contribution in [0, 0.1) is 0 Å². The van der Waals surface area contributed by atoms with Crippen molar-refractivity contribution in [1.29, 1.82) is 0 Å². The Balaban J connectivity index is 1.79. The number of hydrogen-bond acceptors (Lipinski definition) is 7. The molecule has 1 fully saturated rings. The monoisotopic (exact) mass is 423 g/mol. The quantitative estimate of drug-likeness (QED) is 0.630. The van der Waals surface area contributed by atoms with E-state index in [-0.39, 0.29) is 18.1 Å². The normalized spacial score (nSPS) is 15.8. The van der Waals surface area contributed by atoms with Crippen molar-refractivity contribution in [1.82, 2.24) is 19.8 Å². The van der Waals surface area contributed by atoms with Crippen LogP contribution in [0.15, 0.2) is 24.4 Å². The van der Waals surface area contributed by atoms with E-state index in [1.165, 1.54) is 6.07 Å².